The van der Waals surface area contributed by atoms with E-state index < -0.39 is 11.6 Å². The van der Waals surface area contributed by atoms with Gasteiger partial charge in [-0.3, -0.25) is 5.10 Å². The van der Waals surface area contributed by atoms with E-state index in [4.69, 9.17) is 4.74 Å². The maximum absolute atomic E-state index is 13.6. The first-order valence-corrected chi connectivity index (χ1v) is 6.92. The van der Waals surface area contributed by atoms with E-state index in [2.05, 4.69) is 10.2 Å². The number of halogens is 2. The van der Waals surface area contributed by atoms with E-state index in [9.17, 15) is 8.78 Å². The Hall–Kier alpha value is -2.69. The first-order valence-electron chi connectivity index (χ1n) is 6.92. The van der Waals surface area contributed by atoms with Crippen LogP contribution in [0.2, 0.25) is 0 Å². The minimum absolute atomic E-state index is 0.368. The fourth-order valence-corrected chi connectivity index (χ4v) is 2.30. The molecule has 1 aromatic heterocycles. The van der Waals surface area contributed by atoms with Crippen LogP contribution in [0.25, 0.3) is 22.4 Å². The van der Waals surface area contributed by atoms with Crippen molar-refractivity contribution in [2.45, 2.75) is 6.92 Å². The lowest BCUT2D eigenvalue weighted by Gasteiger charge is -2.07. The number of ether oxygens (including phenoxy) is 1. The molecule has 0 saturated carbocycles. The summed E-state index contributed by atoms with van der Waals surface area (Å²) >= 11 is 0. The van der Waals surface area contributed by atoms with Gasteiger partial charge in [-0.05, 0) is 24.6 Å². The lowest BCUT2D eigenvalue weighted by atomic mass is 10.0. The van der Waals surface area contributed by atoms with E-state index in [1.165, 1.54) is 6.07 Å². The summed E-state index contributed by atoms with van der Waals surface area (Å²) in [5.41, 5.74) is 2.72. The van der Waals surface area contributed by atoms with Crippen molar-refractivity contribution >= 4 is 0 Å². The molecule has 0 aliphatic rings. The highest BCUT2D eigenvalue weighted by atomic mass is 19.2. The van der Waals surface area contributed by atoms with Crippen molar-refractivity contribution in [3.63, 3.8) is 0 Å². The third-order valence-corrected chi connectivity index (χ3v) is 3.28. The first kappa shape index (κ1) is 14.3. The predicted molar refractivity (Wildman–Crippen MR) is 80.5 cm³/mol. The van der Waals surface area contributed by atoms with E-state index in [1.54, 1.807) is 0 Å². The van der Waals surface area contributed by atoms with Gasteiger partial charge < -0.3 is 4.74 Å². The number of H-pyrrole nitrogens is 1. The third-order valence-electron chi connectivity index (χ3n) is 3.28. The predicted octanol–water partition coefficient (Wildman–Crippen LogP) is 4.42. The summed E-state index contributed by atoms with van der Waals surface area (Å²) in [7, 11) is 0. The summed E-state index contributed by atoms with van der Waals surface area (Å²) in [4.78, 5) is 0. The molecule has 1 heterocycles. The summed E-state index contributed by atoms with van der Waals surface area (Å²) in [5.74, 6) is -1.42. The highest BCUT2D eigenvalue weighted by molar-refractivity contribution is 5.84. The summed E-state index contributed by atoms with van der Waals surface area (Å²) in [6.07, 6.45) is 0. The Morgan fingerprint density at radius 3 is 2.45 bits per heavy atom. The Bertz CT molecular complexity index is 785. The molecular weight excluding hydrogens is 286 g/mol. The number of hydrogen-bond acceptors (Lipinski definition) is 2. The summed E-state index contributed by atoms with van der Waals surface area (Å²) in [6, 6.07) is 13.3. The zero-order chi connectivity index (χ0) is 15.5. The molecule has 0 amide bonds. The Morgan fingerprint density at radius 2 is 1.77 bits per heavy atom. The van der Waals surface area contributed by atoms with Gasteiger partial charge in [0, 0.05) is 5.56 Å². The molecule has 3 nitrogen and oxygen atoms in total. The Kier molecular flexibility index (Phi) is 3.87. The molecule has 0 saturated heterocycles. The van der Waals surface area contributed by atoms with Crippen molar-refractivity contribution in [2.24, 2.45) is 0 Å². The average Bonchev–Trinajstić information content (AvgIpc) is 2.95. The molecule has 0 atom stereocenters. The van der Waals surface area contributed by atoms with Crippen LogP contribution >= 0.6 is 0 Å². The molecule has 112 valence electrons. The molecule has 0 fully saturated rings. The zero-order valence-electron chi connectivity index (χ0n) is 11.9. The molecule has 0 radical (unpaired) electrons. The van der Waals surface area contributed by atoms with E-state index in [1.807, 2.05) is 37.3 Å². The second-order valence-corrected chi connectivity index (χ2v) is 4.71. The molecule has 1 N–H and O–H groups in total. The van der Waals surface area contributed by atoms with Crippen LogP contribution in [-0.4, -0.2) is 16.8 Å². The molecule has 0 spiro atoms. The van der Waals surface area contributed by atoms with Crippen LogP contribution in [0.1, 0.15) is 6.92 Å². The standard InChI is InChI=1S/C17H14F2N2O/c1-2-22-17-15(12-8-9-13(18)14(19)10-12)16(20-21-17)11-6-4-3-5-7-11/h3-10H,2H2,1H3,(H,20,21). The Morgan fingerprint density at radius 1 is 1.00 bits per heavy atom. The van der Waals surface area contributed by atoms with Crippen LogP contribution in [0.15, 0.2) is 48.5 Å². The van der Waals surface area contributed by atoms with Crippen molar-refractivity contribution in [1.82, 2.24) is 10.2 Å². The van der Waals surface area contributed by atoms with Crippen molar-refractivity contribution in [2.75, 3.05) is 6.61 Å². The number of hydrogen-bond donors (Lipinski definition) is 1. The summed E-state index contributed by atoms with van der Waals surface area (Å²) in [5, 5.41) is 7.06. The topological polar surface area (TPSA) is 37.9 Å². The number of aromatic amines is 1. The monoisotopic (exact) mass is 300 g/mol. The van der Waals surface area contributed by atoms with Gasteiger partial charge in [0.05, 0.1) is 17.9 Å². The molecule has 0 unspecified atom stereocenters. The molecular formula is C17H14F2N2O. The fourth-order valence-electron chi connectivity index (χ4n) is 2.30. The third kappa shape index (κ3) is 2.57. The van der Waals surface area contributed by atoms with Crippen molar-refractivity contribution < 1.29 is 13.5 Å². The van der Waals surface area contributed by atoms with Crippen LogP contribution in [0, 0.1) is 11.6 Å². The van der Waals surface area contributed by atoms with Crippen LogP contribution in [-0.2, 0) is 0 Å². The fraction of sp³-hybridized carbons (Fsp3) is 0.118. The zero-order valence-corrected chi connectivity index (χ0v) is 11.9. The van der Waals surface area contributed by atoms with Gasteiger partial charge in [0.25, 0.3) is 0 Å². The maximum Gasteiger partial charge on any atom is 0.241 e. The number of benzene rings is 2. The SMILES string of the molecule is CCOc1n[nH]c(-c2ccccc2)c1-c1ccc(F)c(F)c1. The average molecular weight is 300 g/mol. The van der Waals surface area contributed by atoms with Gasteiger partial charge in [-0.2, -0.15) is 0 Å². The van der Waals surface area contributed by atoms with Crippen molar-refractivity contribution in [3.8, 4) is 28.3 Å². The minimum Gasteiger partial charge on any atom is -0.476 e. The van der Waals surface area contributed by atoms with Crippen molar-refractivity contribution in [1.29, 1.82) is 0 Å². The van der Waals surface area contributed by atoms with Crippen LogP contribution in [0.5, 0.6) is 5.88 Å². The van der Waals surface area contributed by atoms with Gasteiger partial charge in [0.2, 0.25) is 5.88 Å². The molecule has 5 heteroatoms. The lowest BCUT2D eigenvalue weighted by molar-refractivity contribution is 0.327. The van der Waals surface area contributed by atoms with Crippen LogP contribution in [0.3, 0.4) is 0 Å². The highest BCUT2D eigenvalue weighted by Gasteiger charge is 2.19. The Labute approximate surface area is 126 Å². The van der Waals surface area contributed by atoms with Gasteiger partial charge in [-0.15, -0.1) is 5.10 Å². The highest BCUT2D eigenvalue weighted by Crippen LogP contribution is 2.37. The second kappa shape index (κ2) is 5.97. The normalized spacial score (nSPS) is 10.7. The number of nitrogens with zero attached hydrogens (tertiary/aromatic N) is 1. The van der Waals surface area contributed by atoms with Crippen molar-refractivity contribution in [3.05, 3.63) is 60.2 Å². The number of aromatic nitrogens is 2. The molecule has 22 heavy (non-hydrogen) atoms. The van der Waals surface area contributed by atoms with Gasteiger partial charge in [-0.25, -0.2) is 8.78 Å². The number of rotatable bonds is 4. The summed E-state index contributed by atoms with van der Waals surface area (Å²) in [6.45, 7) is 2.27. The van der Waals surface area contributed by atoms with Gasteiger partial charge >= 0.3 is 0 Å². The first-order chi connectivity index (χ1) is 10.7. The lowest BCUT2D eigenvalue weighted by Crippen LogP contribution is -1.94. The summed E-state index contributed by atoms with van der Waals surface area (Å²) < 4.78 is 32.3. The minimum atomic E-state index is -0.903. The van der Waals surface area contributed by atoms with E-state index in [0.717, 1.165) is 17.7 Å². The van der Waals surface area contributed by atoms with Crippen LogP contribution < -0.4 is 4.74 Å². The van der Waals surface area contributed by atoms with Crippen LogP contribution in [0.4, 0.5) is 8.78 Å². The second-order valence-electron chi connectivity index (χ2n) is 4.71. The van der Waals surface area contributed by atoms with Gasteiger partial charge in [0.1, 0.15) is 0 Å². The number of nitrogens with one attached hydrogen (secondary N) is 1. The Balaban J connectivity index is 2.19. The molecule has 2 aromatic carbocycles. The quantitative estimate of drug-likeness (QED) is 0.774. The molecule has 3 aromatic rings. The smallest absolute Gasteiger partial charge is 0.241 e. The van der Waals surface area contributed by atoms with E-state index in [0.29, 0.717) is 29.3 Å². The largest absolute Gasteiger partial charge is 0.476 e. The van der Waals surface area contributed by atoms with Gasteiger partial charge in [-0.1, -0.05) is 36.4 Å². The molecule has 0 bridgehead atoms. The van der Waals surface area contributed by atoms with Gasteiger partial charge in [0.15, 0.2) is 11.6 Å². The molecule has 0 aliphatic carbocycles. The molecule has 3 rings (SSSR count). The maximum atomic E-state index is 13.6. The molecule has 0 aliphatic heterocycles. The van der Waals surface area contributed by atoms with E-state index in [-0.39, 0.29) is 0 Å². The van der Waals surface area contributed by atoms with E-state index >= 15 is 0 Å².